The van der Waals surface area contributed by atoms with E-state index in [1.807, 2.05) is 0 Å². The highest BCUT2D eigenvalue weighted by Gasteiger charge is 2.32. The molecule has 1 aromatic heterocycles. The molecule has 10 rings (SSSR count). The molecule has 0 unspecified atom stereocenters. The second-order valence-corrected chi connectivity index (χ2v) is 19.1. The van der Waals surface area contributed by atoms with E-state index in [0.29, 0.717) is 10.8 Å². The number of para-hydroxylation sites is 1. The lowest BCUT2D eigenvalue weighted by atomic mass is 9.80. The van der Waals surface area contributed by atoms with Gasteiger partial charge in [0.15, 0.2) is 0 Å². The largest absolute Gasteiger partial charge is 0.268 e. The maximum Gasteiger partial charge on any atom is 0.266 e. The highest BCUT2D eigenvalue weighted by atomic mass is 16.2. The van der Waals surface area contributed by atoms with Gasteiger partial charge >= 0.3 is 0 Å². The van der Waals surface area contributed by atoms with Crippen LogP contribution in [-0.4, -0.2) is 4.57 Å². The van der Waals surface area contributed by atoms with Crippen LogP contribution in [0.4, 0.5) is 0 Å². The predicted molar refractivity (Wildman–Crippen MR) is 245 cm³/mol. The molecule has 0 fully saturated rings. The normalized spacial score (nSPS) is 13.2. The van der Waals surface area contributed by atoms with Crippen LogP contribution in [0.25, 0.3) is 92.6 Å². The van der Waals surface area contributed by atoms with Crippen LogP contribution in [0, 0.1) is 0 Å². The lowest BCUT2D eigenvalue weighted by Crippen LogP contribution is -2.26. The fraction of sp³-hybridized carbons (Fsp3) is 0.259. The van der Waals surface area contributed by atoms with Gasteiger partial charge in [0.2, 0.25) is 0 Å². The van der Waals surface area contributed by atoms with Crippen molar-refractivity contribution in [3.63, 3.8) is 0 Å². The summed E-state index contributed by atoms with van der Waals surface area (Å²) in [5.41, 5.74) is 9.05. The minimum Gasteiger partial charge on any atom is -0.268 e. The molecule has 0 spiro atoms. The molecule has 0 aliphatic heterocycles. The number of nitrogens with zero attached hydrogens (tertiary/aromatic N) is 1. The fourth-order valence-corrected chi connectivity index (χ4v) is 10.4. The molecule has 0 radical (unpaired) electrons. The van der Waals surface area contributed by atoms with Gasteiger partial charge in [0, 0.05) is 0 Å². The number of aromatic nitrogens is 1. The van der Waals surface area contributed by atoms with E-state index in [0.717, 1.165) is 60.6 Å². The summed E-state index contributed by atoms with van der Waals surface area (Å²) in [6.45, 7) is 22.2. The molecule has 282 valence electrons. The van der Waals surface area contributed by atoms with E-state index in [1.165, 1.54) is 43.4 Å². The summed E-state index contributed by atoms with van der Waals surface area (Å²) in [6, 6.07) is 37.2. The first kappa shape index (κ1) is 35.6. The molecule has 9 aromatic carbocycles. The Morgan fingerprint density at radius 1 is 0.421 bits per heavy atom. The first-order valence-electron chi connectivity index (χ1n) is 20.6. The van der Waals surface area contributed by atoms with Crippen molar-refractivity contribution in [3.8, 4) is 27.9 Å². The minimum absolute atomic E-state index is 0.111. The Morgan fingerprint density at radius 2 is 0.825 bits per heavy atom. The molecule has 0 bridgehead atoms. The predicted octanol–water partition coefficient (Wildman–Crippen LogP) is 14.0. The molecule has 0 atom stereocenters. The second-order valence-electron chi connectivity index (χ2n) is 19.1. The zero-order chi connectivity index (χ0) is 40.0. The lowest BCUT2D eigenvalue weighted by molar-refractivity contribution is 0.592. The third-order valence-electron chi connectivity index (χ3n) is 12.9. The fourth-order valence-electron chi connectivity index (χ4n) is 10.4. The van der Waals surface area contributed by atoms with Crippen molar-refractivity contribution in [3.05, 3.63) is 146 Å². The number of benzene rings is 8. The van der Waals surface area contributed by atoms with E-state index in [4.69, 9.17) is 0 Å². The topological polar surface area (TPSA) is 39.1 Å². The van der Waals surface area contributed by atoms with Gasteiger partial charge in [-0.25, -0.2) is 4.57 Å². The smallest absolute Gasteiger partial charge is 0.266 e. The average molecular weight is 744 g/mol. The molecule has 0 aliphatic carbocycles. The van der Waals surface area contributed by atoms with Crippen LogP contribution in [0.3, 0.4) is 0 Å². The van der Waals surface area contributed by atoms with Crippen LogP contribution >= 0.6 is 0 Å². The third kappa shape index (κ3) is 4.78. The Hall–Kier alpha value is -5.80. The average Bonchev–Trinajstić information content (AvgIpc) is 3.67. The molecule has 3 heteroatoms. The van der Waals surface area contributed by atoms with Crippen molar-refractivity contribution < 1.29 is 0 Å². The van der Waals surface area contributed by atoms with E-state index >= 15 is 9.59 Å². The maximum atomic E-state index is 15.6. The van der Waals surface area contributed by atoms with Crippen molar-refractivity contribution in [2.24, 2.45) is 0 Å². The van der Waals surface area contributed by atoms with Crippen molar-refractivity contribution in [1.29, 1.82) is 0 Å². The summed E-state index contributed by atoms with van der Waals surface area (Å²) in [5, 5.41) is 12.1. The number of rotatable bonds is 5. The Labute approximate surface area is 333 Å². The maximum absolute atomic E-state index is 15.6. The Bertz CT molecular complexity index is 3130. The summed E-state index contributed by atoms with van der Waals surface area (Å²) < 4.78 is 1.54. The SMILES string of the molecule is CC(C)c1cccc(C(C)C)c1-n1c(=O)c2c3cc(-c4ccccc4C(C)(C)C)c4ccc5ccc6c(-c7ccccc7C(C)(C)C)cc(c2c1=O)c1c6c5c4c31. The first-order valence-corrected chi connectivity index (χ1v) is 20.6. The van der Waals surface area contributed by atoms with Crippen LogP contribution in [0.1, 0.15) is 103 Å². The van der Waals surface area contributed by atoms with Crippen molar-refractivity contribution in [1.82, 2.24) is 4.57 Å². The molecule has 0 amide bonds. The van der Waals surface area contributed by atoms with Crippen molar-refractivity contribution in [2.45, 2.75) is 91.9 Å². The van der Waals surface area contributed by atoms with E-state index in [-0.39, 0.29) is 33.8 Å². The van der Waals surface area contributed by atoms with E-state index < -0.39 is 0 Å². The highest BCUT2D eigenvalue weighted by molar-refractivity contribution is 6.50. The molecule has 0 saturated heterocycles. The van der Waals surface area contributed by atoms with Crippen LogP contribution < -0.4 is 11.1 Å². The van der Waals surface area contributed by atoms with Crippen LogP contribution in [-0.2, 0) is 10.8 Å². The Balaban J connectivity index is 1.51. The van der Waals surface area contributed by atoms with Gasteiger partial charge in [-0.3, -0.25) is 9.59 Å². The summed E-state index contributed by atoms with van der Waals surface area (Å²) in [4.78, 5) is 31.2. The number of hydrogen-bond donors (Lipinski definition) is 0. The Morgan fingerprint density at radius 3 is 1.23 bits per heavy atom. The van der Waals surface area contributed by atoms with Gasteiger partial charge in [-0.2, -0.15) is 0 Å². The van der Waals surface area contributed by atoms with Gasteiger partial charge < -0.3 is 0 Å². The standard InChI is InChI=1S/C54H49NO2/c1-28(2)31-18-15-19-32(29(3)4)50(31)55-51(56)48-39-26-37(33-16-11-13-20-41(33)53(5,6)7)35-24-22-30-23-25-36-38(34-17-12-14-21-42(34)54(8,9)10)27-40(49(48)52(55)57)47-45(36)43(30)44(35)46(39)47/h11-29H,1-10H3. The van der Waals surface area contributed by atoms with Gasteiger partial charge in [-0.15, -0.1) is 0 Å². The second kappa shape index (κ2) is 11.9. The molecule has 10 aromatic rings. The summed E-state index contributed by atoms with van der Waals surface area (Å²) in [5.74, 6) is 0.222. The molecule has 57 heavy (non-hydrogen) atoms. The summed E-state index contributed by atoms with van der Waals surface area (Å²) >= 11 is 0. The van der Waals surface area contributed by atoms with Crippen molar-refractivity contribution >= 4 is 64.6 Å². The summed E-state index contributed by atoms with van der Waals surface area (Å²) in [6.07, 6.45) is 0. The lowest BCUT2D eigenvalue weighted by Gasteiger charge is -2.24. The minimum atomic E-state index is -0.235. The number of hydrogen-bond acceptors (Lipinski definition) is 2. The molecule has 0 N–H and O–H groups in total. The quantitative estimate of drug-likeness (QED) is 0.165. The monoisotopic (exact) mass is 743 g/mol. The van der Waals surface area contributed by atoms with E-state index in [2.05, 4.69) is 172 Å². The van der Waals surface area contributed by atoms with E-state index in [9.17, 15) is 0 Å². The molecule has 0 saturated carbocycles. The van der Waals surface area contributed by atoms with Gasteiger partial charge in [-0.1, -0.05) is 160 Å². The number of fused-ring (bicyclic) bond motifs is 3. The van der Waals surface area contributed by atoms with Crippen LogP contribution in [0.15, 0.2) is 113 Å². The van der Waals surface area contributed by atoms with Crippen molar-refractivity contribution in [2.75, 3.05) is 0 Å². The zero-order valence-electron chi connectivity index (χ0n) is 34.7. The van der Waals surface area contributed by atoms with Crippen LogP contribution in [0.5, 0.6) is 0 Å². The highest BCUT2D eigenvalue weighted by Crippen LogP contribution is 2.55. The molecular weight excluding hydrogens is 695 g/mol. The van der Waals surface area contributed by atoms with Gasteiger partial charge in [0.1, 0.15) is 0 Å². The zero-order valence-corrected chi connectivity index (χ0v) is 34.7. The Kier molecular flexibility index (Phi) is 7.41. The first-order chi connectivity index (χ1) is 27.1. The molecule has 0 aliphatic rings. The van der Waals surface area contributed by atoms with E-state index in [1.54, 1.807) is 4.57 Å². The summed E-state index contributed by atoms with van der Waals surface area (Å²) in [7, 11) is 0. The molecular formula is C54H49NO2. The molecule has 3 nitrogen and oxygen atoms in total. The van der Waals surface area contributed by atoms with Gasteiger partial charge in [0.25, 0.3) is 11.1 Å². The molecule has 1 heterocycles. The third-order valence-corrected chi connectivity index (χ3v) is 12.9. The van der Waals surface area contributed by atoms with Gasteiger partial charge in [-0.05, 0) is 133 Å². The van der Waals surface area contributed by atoms with Gasteiger partial charge in [0.05, 0.1) is 16.5 Å². The van der Waals surface area contributed by atoms with Crippen LogP contribution in [0.2, 0.25) is 0 Å².